The summed E-state index contributed by atoms with van der Waals surface area (Å²) in [6, 6.07) is 2.89. The number of hydrogen-bond acceptors (Lipinski definition) is 8. The molecule has 0 heterocycles. The van der Waals surface area contributed by atoms with Gasteiger partial charge in [0.05, 0.1) is 6.04 Å². The predicted octanol–water partition coefficient (Wildman–Crippen LogP) is -1.31. The van der Waals surface area contributed by atoms with Crippen LogP contribution in [0.4, 0.5) is 0 Å². The molecule has 214 valence electrons. The number of hydrogen-bond donors (Lipinski definition) is 8. The molecule has 0 radical (unpaired) electrons. The van der Waals surface area contributed by atoms with Gasteiger partial charge in [-0.1, -0.05) is 30.3 Å². The van der Waals surface area contributed by atoms with E-state index in [0.29, 0.717) is 0 Å². The minimum absolute atomic E-state index is 0.108. The molecule has 0 bridgehead atoms. The zero-order valence-corrected chi connectivity index (χ0v) is 20.9. The molecule has 1 aromatic rings. The van der Waals surface area contributed by atoms with Gasteiger partial charge in [-0.25, -0.2) is 4.79 Å². The third kappa shape index (κ3) is 13.0. The molecule has 3 amide bonds. The van der Waals surface area contributed by atoms with Crippen molar-refractivity contribution in [1.29, 1.82) is 0 Å². The van der Waals surface area contributed by atoms with Crippen molar-refractivity contribution in [2.75, 3.05) is 0 Å². The number of nitrogens with one attached hydrogen (secondary N) is 3. The highest BCUT2D eigenvalue weighted by atomic mass is 16.4. The van der Waals surface area contributed by atoms with E-state index < -0.39 is 104 Å². The second kappa shape index (κ2) is 16.3. The molecule has 0 saturated carbocycles. The van der Waals surface area contributed by atoms with Crippen molar-refractivity contribution in [3.05, 3.63) is 35.9 Å². The van der Waals surface area contributed by atoms with Crippen molar-refractivity contribution >= 4 is 41.6 Å². The van der Waals surface area contributed by atoms with Crippen molar-refractivity contribution in [3.8, 4) is 0 Å². The van der Waals surface area contributed by atoms with Crippen LogP contribution in [0, 0.1) is 0 Å². The SMILES string of the molecule is N[C@@H](Cc1ccccc1)C(=O)N[C@@H](CCC(=O)O)C(=O)N[C@@H](CCC(=O)O)C(=O)N[C@@H](CCC(=O)O)C(=O)O. The van der Waals surface area contributed by atoms with Gasteiger partial charge in [0, 0.05) is 19.3 Å². The Balaban J connectivity index is 3.03. The van der Waals surface area contributed by atoms with Crippen LogP contribution < -0.4 is 21.7 Å². The number of carbonyl (C=O) groups is 7. The fourth-order valence-corrected chi connectivity index (χ4v) is 3.38. The van der Waals surface area contributed by atoms with Crippen LogP contribution >= 0.6 is 0 Å². The largest absolute Gasteiger partial charge is 0.481 e. The molecule has 39 heavy (non-hydrogen) atoms. The number of carboxylic acids is 4. The molecule has 0 spiro atoms. The monoisotopic (exact) mass is 552 g/mol. The van der Waals surface area contributed by atoms with E-state index in [1.807, 2.05) is 0 Å². The summed E-state index contributed by atoms with van der Waals surface area (Å²) in [7, 11) is 0. The maximum atomic E-state index is 13.0. The Kier molecular flexibility index (Phi) is 13.6. The highest BCUT2D eigenvalue weighted by molar-refractivity contribution is 5.94. The third-order valence-corrected chi connectivity index (χ3v) is 5.46. The molecule has 0 saturated heterocycles. The van der Waals surface area contributed by atoms with Crippen LogP contribution in [-0.4, -0.2) is 86.2 Å². The summed E-state index contributed by atoms with van der Waals surface area (Å²) in [4.78, 5) is 82.7. The number of carbonyl (C=O) groups excluding carboxylic acids is 3. The number of rotatable bonds is 18. The molecule has 9 N–H and O–H groups in total. The van der Waals surface area contributed by atoms with Crippen molar-refractivity contribution in [2.24, 2.45) is 5.73 Å². The second-order valence-corrected chi connectivity index (χ2v) is 8.62. The van der Waals surface area contributed by atoms with Crippen LogP contribution in [0.2, 0.25) is 0 Å². The first-order valence-electron chi connectivity index (χ1n) is 11.9. The standard InChI is InChI=1S/C24H32N4O11/c25-14(12-13-4-2-1-3-5-13)21(35)26-15(6-9-18(29)30)22(36)27-16(7-10-19(31)32)23(37)28-17(24(38)39)8-11-20(33)34/h1-5,14-17H,6-12,25H2,(H,26,35)(H,27,36)(H,28,37)(H,29,30)(H,31,32)(H,33,34)(H,38,39)/t14-,15-,16-,17-/m0/s1. The lowest BCUT2D eigenvalue weighted by molar-refractivity contribution is -0.144. The first-order chi connectivity index (χ1) is 18.3. The quantitative estimate of drug-likeness (QED) is 0.105. The lowest BCUT2D eigenvalue weighted by Gasteiger charge is -2.25. The summed E-state index contributed by atoms with van der Waals surface area (Å²) in [6.45, 7) is 0. The van der Waals surface area contributed by atoms with Gasteiger partial charge < -0.3 is 42.1 Å². The van der Waals surface area contributed by atoms with Gasteiger partial charge in [0.25, 0.3) is 0 Å². The lowest BCUT2D eigenvalue weighted by atomic mass is 10.0. The highest BCUT2D eigenvalue weighted by Crippen LogP contribution is 2.07. The average molecular weight is 553 g/mol. The van der Waals surface area contributed by atoms with Gasteiger partial charge in [-0.15, -0.1) is 0 Å². The smallest absolute Gasteiger partial charge is 0.326 e. The summed E-state index contributed by atoms with van der Waals surface area (Å²) < 4.78 is 0. The van der Waals surface area contributed by atoms with E-state index >= 15 is 0 Å². The molecule has 1 aromatic carbocycles. The molecule has 1 rings (SSSR count). The van der Waals surface area contributed by atoms with Crippen LogP contribution in [0.25, 0.3) is 0 Å². The van der Waals surface area contributed by atoms with Gasteiger partial charge in [0.15, 0.2) is 0 Å². The molecule has 0 aliphatic carbocycles. The topological polar surface area (TPSA) is 263 Å². The van der Waals surface area contributed by atoms with Gasteiger partial charge in [0.1, 0.15) is 18.1 Å². The predicted molar refractivity (Wildman–Crippen MR) is 132 cm³/mol. The van der Waals surface area contributed by atoms with Gasteiger partial charge in [0.2, 0.25) is 17.7 Å². The Morgan fingerprint density at radius 3 is 1.41 bits per heavy atom. The first kappa shape index (κ1) is 32.5. The Labute approximate surface area is 222 Å². The van der Waals surface area contributed by atoms with E-state index in [1.165, 1.54) is 0 Å². The minimum Gasteiger partial charge on any atom is -0.481 e. The third-order valence-electron chi connectivity index (χ3n) is 5.46. The van der Waals surface area contributed by atoms with Crippen molar-refractivity contribution in [2.45, 2.75) is 69.1 Å². The number of benzene rings is 1. The number of carboxylic acid groups (broad SMARTS) is 4. The molecular weight excluding hydrogens is 520 g/mol. The lowest BCUT2D eigenvalue weighted by Crippen LogP contribution is -2.57. The Hall–Kier alpha value is -4.53. The van der Waals surface area contributed by atoms with E-state index in [1.54, 1.807) is 30.3 Å². The van der Waals surface area contributed by atoms with Crippen LogP contribution in [0.5, 0.6) is 0 Å². The fraction of sp³-hybridized carbons (Fsp3) is 0.458. The van der Waals surface area contributed by atoms with Gasteiger partial charge in [-0.2, -0.15) is 0 Å². The second-order valence-electron chi connectivity index (χ2n) is 8.62. The van der Waals surface area contributed by atoms with Crippen molar-refractivity contribution in [3.63, 3.8) is 0 Å². The maximum Gasteiger partial charge on any atom is 0.326 e. The van der Waals surface area contributed by atoms with Crippen molar-refractivity contribution < 1.29 is 54.0 Å². The van der Waals surface area contributed by atoms with Crippen molar-refractivity contribution in [1.82, 2.24) is 16.0 Å². The molecule has 0 aliphatic rings. The molecule has 0 fully saturated rings. The zero-order chi connectivity index (χ0) is 29.5. The van der Waals surface area contributed by atoms with Crippen LogP contribution in [0.1, 0.15) is 44.1 Å². The normalized spacial score (nSPS) is 13.7. The van der Waals surface area contributed by atoms with Crippen LogP contribution in [0.3, 0.4) is 0 Å². The summed E-state index contributed by atoms with van der Waals surface area (Å²) >= 11 is 0. The molecule has 0 unspecified atom stereocenters. The van der Waals surface area contributed by atoms with E-state index in [2.05, 4.69) is 16.0 Å². The van der Waals surface area contributed by atoms with E-state index in [4.69, 9.17) is 21.1 Å². The summed E-state index contributed by atoms with van der Waals surface area (Å²) in [5, 5.41) is 42.8. The molecule has 15 heteroatoms. The molecule has 4 atom stereocenters. The van der Waals surface area contributed by atoms with Gasteiger partial charge in [-0.05, 0) is 31.2 Å². The van der Waals surface area contributed by atoms with Crippen LogP contribution in [-0.2, 0) is 40.0 Å². The van der Waals surface area contributed by atoms with E-state index in [-0.39, 0.29) is 6.42 Å². The molecule has 0 aromatic heterocycles. The average Bonchev–Trinajstić information content (AvgIpc) is 2.86. The van der Waals surface area contributed by atoms with Gasteiger partial charge >= 0.3 is 23.9 Å². The Morgan fingerprint density at radius 2 is 1.00 bits per heavy atom. The Bertz CT molecular complexity index is 1050. The van der Waals surface area contributed by atoms with Crippen LogP contribution in [0.15, 0.2) is 30.3 Å². The number of amides is 3. The number of nitrogens with two attached hydrogens (primary N) is 1. The zero-order valence-electron chi connectivity index (χ0n) is 20.9. The molecule has 15 nitrogen and oxygen atoms in total. The number of aliphatic carboxylic acids is 4. The first-order valence-corrected chi connectivity index (χ1v) is 11.9. The maximum absolute atomic E-state index is 13.0. The minimum atomic E-state index is -1.64. The highest BCUT2D eigenvalue weighted by Gasteiger charge is 2.31. The molecular formula is C24H32N4O11. The van der Waals surface area contributed by atoms with E-state index in [9.17, 15) is 38.7 Å². The fourth-order valence-electron chi connectivity index (χ4n) is 3.38. The van der Waals surface area contributed by atoms with E-state index in [0.717, 1.165) is 5.56 Å². The Morgan fingerprint density at radius 1 is 0.615 bits per heavy atom. The summed E-state index contributed by atoms with van der Waals surface area (Å²) in [5.41, 5.74) is 6.66. The summed E-state index contributed by atoms with van der Waals surface area (Å²) in [6.07, 6.45) is -2.99. The molecule has 0 aliphatic heterocycles. The summed E-state index contributed by atoms with van der Waals surface area (Å²) in [5.74, 6) is -8.38. The van der Waals surface area contributed by atoms with Gasteiger partial charge in [-0.3, -0.25) is 28.8 Å².